The molecule has 0 unspecified atom stereocenters. The van der Waals surface area contributed by atoms with Gasteiger partial charge in [-0.1, -0.05) is 12.1 Å². The molecule has 17 heavy (non-hydrogen) atoms. The van der Waals surface area contributed by atoms with Crippen LogP contribution in [0.15, 0.2) is 18.2 Å². The summed E-state index contributed by atoms with van der Waals surface area (Å²) in [5, 5.41) is 4.48. The maximum absolute atomic E-state index is 5.93. The molecular formula is C13H16N4. The topological polar surface area (TPSA) is 56.7 Å². The van der Waals surface area contributed by atoms with Crippen LogP contribution in [0.4, 0.5) is 5.69 Å². The first-order valence-corrected chi connectivity index (χ1v) is 5.93. The Morgan fingerprint density at radius 1 is 1.35 bits per heavy atom. The van der Waals surface area contributed by atoms with E-state index in [-0.39, 0.29) is 0 Å². The summed E-state index contributed by atoms with van der Waals surface area (Å²) in [6, 6.07) is 5.92. The molecule has 0 saturated heterocycles. The van der Waals surface area contributed by atoms with Gasteiger partial charge in [0.2, 0.25) is 0 Å². The van der Waals surface area contributed by atoms with E-state index in [1.807, 2.05) is 36.9 Å². The molecule has 88 valence electrons. The van der Waals surface area contributed by atoms with E-state index in [2.05, 4.69) is 10.1 Å². The summed E-state index contributed by atoms with van der Waals surface area (Å²) in [4.78, 5) is 4.64. The molecule has 0 atom stereocenters. The molecule has 0 aliphatic heterocycles. The molecule has 1 aromatic heterocycles. The van der Waals surface area contributed by atoms with E-state index in [0.29, 0.717) is 5.92 Å². The van der Waals surface area contributed by atoms with E-state index < -0.39 is 0 Å². The van der Waals surface area contributed by atoms with E-state index in [1.54, 1.807) is 0 Å². The molecule has 1 saturated carbocycles. The van der Waals surface area contributed by atoms with Gasteiger partial charge in [-0.05, 0) is 31.4 Å². The number of hydrogen-bond acceptors (Lipinski definition) is 3. The third-order valence-corrected chi connectivity index (χ3v) is 3.34. The van der Waals surface area contributed by atoms with Crippen molar-refractivity contribution in [2.45, 2.75) is 25.7 Å². The predicted molar refractivity (Wildman–Crippen MR) is 67.6 cm³/mol. The SMILES string of the molecule is Cc1c(N)cccc1-c1nc(C2CC2)nn1C. The Morgan fingerprint density at radius 3 is 2.82 bits per heavy atom. The van der Waals surface area contributed by atoms with Gasteiger partial charge in [0.25, 0.3) is 0 Å². The van der Waals surface area contributed by atoms with E-state index >= 15 is 0 Å². The summed E-state index contributed by atoms with van der Waals surface area (Å²) in [6.45, 7) is 2.02. The van der Waals surface area contributed by atoms with Crippen molar-refractivity contribution in [3.63, 3.8) is 0 Å². The Hall–Kier alpha value is -1.84. The van der Waals surface area contributed by atoms with Crippen LogP contribution in [0.25, 0.3) is 11.4 Å². The van der Waals surface area contributed by atoms with Crippen molar-refractivity contribution in [1.29, 1.82) is 0 Å². The molecular weight excluding hydrogens is 212 g/mol. The number of aromatic nitrogens is 3. The summed E-state index contributed by atoms with van der Waals surface area (Å²) < 4.78 is 1.86. The molecule has 0 spiro atoms. The molecule has 0 bridgehead atoms. The standard InChI is InChI=1S/C13H16N4/c1-8-10(4-3-5-11(8)14)13-15-12(9-6-7-9)16-17(13)2/h3-5,9H,6-7,14H2,1-2H3. The molecule has 3 rings (SSSR count). The minimum atomic E-state index is 0.580. The van der Waals surface area contributed by atoms with E-state index in [0.717, 1.165) is 28.5 Å². The number of aryl methyl sites for hydroxylation is 1. The quantitative estimate of drug-likeness (QED) is 0.802. The summed E-state index contributed by atoms with van der Waals surface area (Å²) in [5.41, 5.74) is 8.88. The minimum Gasteiger partial charge on any atom is -0.398 e. The van der Waals surface area contributed by atoms with E-state index in [1.165, 1.54) is 12.8 Å². The van der Waals surface area contributed by atoms with Gasteiger partial charge in [-0.15, -0.1) is 0 Å². The van der Waals surface area contributed by atoms with Crippen molar-refractivity contribution in [3.8, 4) is 11.4 Å². The molecule has 2 N–H and O–H groups in total. The average molecular weight is 228 g/mol. The van der Waals surface area contributed by atoms with E-state index in [4.69, 9.17) is 5.73 Å². The van der Waals surface area contributed by atoms with Crippen molar-refractivity contribution in [2.24, 2.45) is 7.05 Å². The van der Waals surface area contributed by atoms with Gasteiger partial charge < -0.3 is 5.73 Å². The fraction of sp³-hybridized carbons (Fsp3) is 0.385. The Morgan fingerprint density at radius 2 is 2.12 bits per heavy atom. The highest BCUT2D eigenvalue weighted by atomic mass is 15.3. The van der Waals surface area contributed by atoms with Gasteiger partial charge in [0.15, 0.2) is 11.6 Å². The molecule has 1 heterocycles. The largest absolute Gasteiger partial charge is 0.398 e. The van der Waals surface area contributed by atoms with Gasteiger partial charge in [-0.2, -0.15) is 5.10 Å². The molecule has 1 aliphatic rings. The third kappa shape index (κ3) is 1.69. The normalized spacial score (nSPS) is 15.2. The minimum absolute atomic E-state index is 0.580. The zero-order valence-corrected chi connectivity index (χ0v) is 10.1. The van der Waals surface area contributed by atoms with Gasteiger partial charge in [-0.3, -0.25) is 0 Å². The lowest BCUT2D eigenvalue weighted by Gasteiger charge is -2.06. The Kier molecular flexibility index (Phi) is 2.18. The third-order valence-electron chi connectivity index (χ3n) is 3.34. The number of hydrogen-bond donors (Lipinski definition) is 1. The molecule has 4 heteroatoms. The lowest BCUT2D eigenvalue weighted by Crippen LogP contribution is -1.98. The Bertz CT molecular complexity index is 567. The second kappa shape index (κ2) is 3.58. The van der Waals surface area contributed by atoms with Crippen LogP contribution in [0.1, 0.15) is 30.1 Å². The Labute approximate surface area is 100 Å². The number of nitrogen functional groups attached to an aromatic ring is 1. The van der Waals surface area contributed by atoms with Gasteiger partial charge >= 0.3 is 0 Å². The fourth-order valence-electron chi connectivity index (χ4n) is 2.05. The first-order valence-electron chi connectivity index (χ1n) is 5.93. The number of nitrogens with two attached hydrogens (primary N) is 1. The maximum Gasteiger partial charge on any atom is 0.158 e. The second-order valence-electron chi connectivity index (χ2n) is 4.71. The average Bonchev–Trinajstić information content (AvgIpc) is 3.07. The highest BCUT2D eigenvalue weighted by Crippen LogP contribution is 2.39. The van der Waals surface area contributed by atoms with Crippen LogP contribution in [-0.4, -0.2) is 14.8 Å². The number of anilines is 1. The summed E-state index contributed by atoms with van der Waals surface area (Å²) in [5.74, 6) is 2.47. The molecule has 0 amide bonds. The number of benzene rings is 1. The van der Waals surface area contributed by atoms with Crippen molar-refractivity contribution in [1.82, 2.24) is 14.8 Å². The highest BCUT2D eigenvalue weighted by Gasteiger charge is 2.28. The van der Waals surface area contributed by atoms with Gasteiger partial charge in [0, 0.05) is 24.2 Å². The highest BCUT2D eigenvalue weighted by molar-refractivity contribution is 5.68. The fourth-order valence-corrected chi connectivity index (χ4v) is 2.05. The molecule has 1 aliphatic carbocycles. The van der Waals surface area contributed by atoms with Gasteiger partial charge in [0.1, 0.15) is 0 Å². The molecule has 2 aromatic rings. The monoisotopic (exact) mass is 228 g/mol. The molecule has 4 nitrogen and oxygen atoms in total. The van der Waals surface area contributed by atoms with Gasteiger partial charge in [0.05, 0.1) is 0 Å². The van der Waals surface area contributed by atoms with Crippen LogP contribution in [-0.2, 0) is 7.05 Å². The molecule has 0 radical (unpaired) electrons. The number of nitrogens with zero attached hydrogens (tertiary/aromatic N) is 3. The molecule has 1 aromatic carbocycles. The first-order chi connectivity index (χ1) is 8.16. The summed E-state index contributed by atoms with van der Waals surface area (Å²) in [6.07, 6.45) is 2.44. The summed E-state index contributed by atoms with van der Waals surface area (Å²) in [7, 11) is 1.94. The van der Waals surface area contributed by atoms with Crippen LogP contribution < -0.4 is 5.73 Å². The van der Waals surface area contributed by atoms with Crippen molar-refractivity contribution < 1.29 is 0 Å². The van der Waals surface area contributed by atoms with Crippen LogP contribution >= 0.6 is 0 Å². The van der Waals surface area contributed by atoms with Gasteiger partial charge in [-0.25, -0.2) is 9.67 Å². The number of rotatable bonds is 2. The van der Waals surface area contributed by atoms with Crippen molar-refractivity contribution >= 4 is 5.69 Å². The maximum atomic E-state index is 5.93. The zero-order chi connectivity index (χ0) is 12.0. The first kappa shape index (κ1) is 10.3. The van der Waals surface area contributed by atoms with Crippen LogP contribution in [0.2, 0.25) is 0 Å². The van der Waals surface area contributed by atoms with Crippen LogP contribution in [0, 0.1) is 6.92 Å². The van der Waals surface area contributed by atoms with Crippen LogP contribution in [0.5, 0.6) is 0 Å². The van der Waals surface area contributed by atoms with Crippen molar-refractivity contribution in [3.05, 3.63) is 29.6 Å². The lowest BCUT2D eigenvalue weighted by molar-refractivity contribution is 0.750. The Balaban J connectivity index is 2.11. The second-order valence-corrected chi connectivity index (χ2v) is 4.71. The van der Waals surface area contributed by atoms with Crippen LogP contribution in [0.3, 0.4) is 0 Å². The lowest BCUT2D eigenvalue weighted by atomic mass is 10.1. The summed E-state index contributed by atoms with van der Waals surface area (Å²) >= 11 is 0. The molecule has 1 fully saturated rings. The van der Waals surface area contributed by atoms with E-state index in [9.17, 15) is 0 Å². The zero-order valence-electron chi connectivity index (χ0n) is 10.1. The van der Waals surface area contributed by atoms with Crippen molar-refractivity contribution in [2.75, 3.05) is 5.73 Å². The smallest absolute Gasteiger partial charge is 0.158 e. The predicted octanol–water partition coefficient (Wildman–Crippen LogP) is 2.25.